The van der Waals surface area contributed by atoms with E-state index in [0.29, 0.717) is 11.6 Å². The number of halogens is 1. The van der Waals surface area contributed by atoms with Gasteiger partial charge in [0.25, 0.3) is 5.91 Å². The van der Waals surface area contributed by atoms with Crippen LogP contribution in [0.5, 0.6) is 0 Å². The molecule has 1 aliphatic carbocycles. The SMILES string of the molecule is CCOC(=O)C(N)C(=O)N(Cc1ccc(Cl)cc1)C1CC1. The fourth-order valence-corrected chi connectivity index (χ4v) is 2.20. The number of nitrogens with zero attached hydrogens (tertiary/aromatic N) is 1. The van der Waals surface area contributed by atoms with Crippen molar-refractivity contribution in [3.8, 4) is 0 Å². The number of rotatable bonds is 6. The average molecular weight is 311 g/mol. The highest BCUT2D eigenvalue weighted by molar-refractivity contribution is 6.30. The third kappa shape index (κ3) is 4.19. The smallest absolute Gasteiger partial charge is 0.332 e. The summed E-state index contributed by atoms with van der Waals surface area (Å²) in [5, 5.41) is 0.645. The summed E-state index contributed by atoms with van der Waals surface area (Å²) >= 11 is 5.85. The van der Waals surface area contributed by atoms with Crippen LogP contribution in [0.25, 0.3) is 0 Å². The lowest BCUT2D eigenvalue weighted by Crippen LogP contribution is -2.49. The predicted molar refractivity (Wildman–Crippen MR) is 79.6 cm³/mol. The number of carbonyl (C=O) groups excluding carboxylic acids is 2. The minimum Gasteiger partial charge on any atom is -0.464 e. The number of ether oxygens (including phenoxy) is 1. The number of hydrogen-bond donors (Lipinski definition) is 1. The Morgan fingerprint density at radius 3 is 2.52 bits per heavy atom. The lowest BCUT2D eigenvalue weighted by atomic mass is 10.2. The molecule has 2 rings (SSSR count). The molecular formula is C15H19ClN2O3. The van der Waals surface area contributed by atoms with Gasteiger partial charge in [-0.1, -0.05) is 23.7 Å². The molecule has 6 heteroatoms. The number of carbonyl (C=O) groups is 2. The van der Waals surface area contributed by atoms with E-state index in [0.717, 1.165) is 18.4 Å². The Bertz CT molecular complexity index is 514. The number of nitrogens with two attached hydrogens (primary N) is 1. The van der Waals surface area contributed by atoms with Crippen molar-refractivity contribution in [3.63, 3.8) is 0 Å². The molecule has 0 spiro atoms. The summed E-state index contributed by atoms with van der Waals surface area (Å²) in [4.78, 5) is 25.7. The van der Waals surface area contributed by atoms with Gasteiger partial charge in [-0.2, -0.15) is 0 Å². The molecule has 1 saturated carbocycles. The summed E-state index contributed by atoms with van der Waals surface area (Å²) in [5.74, 6) is -1.06. The van der Waals surface area contributed by atoms with Gasteiger partial charge in [0.1, 0.15) is 0 Å². The second kappa shape index (κ2) is 6.91. The van der Waals surface area contributed by atoms with Crippen LogP contribution in [-0.2, 0) is 20.9 Å². The summed E-state index contributed by atoms with van der Waals surface area (Å²) in [7, 11) is 0. The van der Waals surface area contributed by atoms with Gasteiger partial charge in [-0.15, -0.1) is 0 Å². The molecule has 1 fully saturated rings. The maximum absolute atomic E-state index is 12.4. The van der Waals surface area contributed by atoms with E-state index in [2.05, 4.69) is 0 Å². The van der Waals surface area contributed by atoms with E-state index >= 15 is 0 Å². The minimum absolute atomic E-state index is 0.161. The zero-order valence-corrected chi connectivity index (χ0v) is 12.7. The summed E-state index contributed by atoms with van der Waals surface area (Å²) in [6.07, 6.45) is 1.88. The molecule has 0 bridgehead atoms. The fourth-order valence-electron chi connectivity index (χ4n) is 2.07. The first kappa shape index (κ1) is 15.8. The van der Waals surface area contributed by atoms with Crippen LogP contribution < -0.4 is 5.73 Å². The third-order valence-electron chi connectivity index (χ3n) is 3.34. The number of esters is 1. The van der Waals surface area contributed by atoms with Crippen LogP contribution in [0.3, 0.4) is 0 Å². The molecule has 1 aromatic rings. The molecular weight excluding hydrogens is 292 g/mol. The van der Waals surface area contributed by atoms with E-state index < -0.39 is 12.0 Å². The highest BCUT2D eigenvalue weighted by Crippen LogP contribution is 2.29. The summed E-state index contributed by atoms with van der Waals surface area (Å²) < 4.78 is 4.81. The van der Waals surface area contributed by atoms with Crippen molar-refractivity contribution in [2.75, 3.05) is 6.61 Å². The molecule has 0 aliphatic heterocycles. The number of amides is 1. The lowest BCUT2D eigenvalue weighted by molar-refractivity contribution is -0.151. The van der Waals surface area contributed by atoms with E-state index in [1.807, 2.05) is 12.1 Å². The van der Waals surface area contributed by atoms with E-state index in [1.54, 1.807) is 24.0 Å². The highest BCUT2D eigenvalue weighted by atomic mass is 35.5. The molecule has 2 N–H and O–H groups in total. The van der Waals surface area contributed by atoms with Crippen LogP contribution in [0.4, 0.5) is 0 Å². The maximum atomic E-state index is 12.4. The normalized spacial score (nSPS) is 15.4. The summed E-state index contributed by atoms with van der Waals surface area (Å²) in [6.45, 7) is 2.32. The van der Waals surface area contributed by atoms with Gasteiger partial charge in [-0.25, -0.2) is 4.79 Å². The Labute approximate surface area is 129 Å². The third-order valence-corrected chi connectivity index (χ3v) is 3.60. The van der Waals surface area contributed by atoms with Gasteiger partial charge < -0.3 is 15.4 Å². The van der Waals surface area contributed by atoms with E-state index in [9.17, 15) is 9.59 Å². The second-order valence-corrected chi connectivity index (χ2v) is 5.49. The molecule has 1 atom stereocenters. The predicted octanol–water partition coefficient (Wildman–Crippen LogP) is 1.72. The first-order valence-electron chi connectivity index (χ1n) is 7.00. The van der Waals surface area contributed by atoms with Crippen LogP contribution in [0, 0.1) is 0 Å². The highest BCUT2D eigenvalue weighted by Gasteiger charge is 2.37. The Kier molecular flexibility index (Phi) is 5.20. The standard InChI is InChI=1S/C15H19ClN2O3/c1-2-21-15(20)13(17)14(19)18(12-7-8-12)9-10-3-5-11(16)6-4-10/h3-6,12-13H,2,7-9,17H2,1H3. The van der Waals surface area contributed by atoms with Crippen molar-refractivity contribution < 1.29 is 14.3 Å². The summed E-state index contributed by atoms with van der Waals surface area (Å²) in [6, 6.07) is 6.18. The number of hydrogen-bond acceptors (Lipinski definition) is 4. The molecule has 0 saturated heterocycles. The second-order valence-electron chi connectivity index (χ2n) is 5.05. The maximum Gasteiger partial charge on any atom is 0.332 e. The van der Waals surface area contributed by atoms with Gasteiger partial charge in [0.2, 0.25) is 0 Å². The molecule has 0 heterocycles. The molecule has 1 amide bonds. The van der Waals surface area contributed by atoms with Crippen molar-refractivity contribution in [2.45, 2.75) is 38.4 Å². The molecule has 1 aliphatic rings. The Morgan fingerprint density at radius 1 is 1.38 bits per heavy atom. The molecule has 5 nitrogen and oxygen atoms in total. The van der Waals surface area contributed by atoms with E-state index in [4.69, 9.17) is 22.1 Å². The van der Waals surface area contributed by atoms with E-state index in [-0.39, 0.29) is 18.6 Å². The Hall–Kier alpha value is -1.59. The van der Waals surface area contributed by atoms with Gasteiger partial charge in [-0.3, -0.25) is 4.79 Å². The van der Waals surface area contributed by atoms with Crippen molar-refractivity contribution in [1.82, 2.24) is 4.90 Å². The van der Waals surface area contributed by atoms with Crippen LogP contribution in [0.2, 0.25) is 5.02 Å². The van der Waals surface area contributed by atoms with Crippen molar-refractivity contribution >= 4 is 23.5 Å². The van der Waals surface area contributed by atoms with Crippen molar-refractivity contribution in [3.05, 3.63) is 34.9 Å². The zero-order valence-electron chi connectivity index (χ0n) is 11.9. The van der Waals surface area contributed by atoms with Crippen molar-refractivity contribution in [2.24, 2.45) is 5.73 Å². The fraction of sp³-hybridized carbons (Fsp3) is 0.467. The molecule has 21 heavy (non-hydrogen) atoms. The van der Waals surface area contributed by atoms with Gasteiger partial charge in [0.05, 0.1) is 6.61 Å². The topological polar surface area (TPSA) is 72.6 Å². The van der Waals surface area contributed by atoms with Crippen LogP contribution in [-0.4, -0.2) is 35.5 Å². The quantitative estimate of drug-likeness (QED) is 0.641. The summed E-state index contributed by atoms with van der Waals surface area (Å²) in [5.41, 5.74) is 6.66. The van der Waals surface area contributed by atoms with Crippen LogP contribution >= 0.6 is 11.6 Å². The molecule has 0 aromatic heterocycles. The first-order valence-corrected chi connectivity index (χ1v) is 7.38. The number of benzene rings is 1. The Balaban J connectivity index is 2.06. The van der Waals surface area contributed by atoms with Crippen LogP contribution in [0.15, 0.2) is 24.3 Å². The van der Waals surface area contributed by atoms with Crippen molar-refractivity contribution in [1.29, 1.82) is 0 Å². The van der Waals surface area contributed by atoms with E-state index in [1.165, 1.54) is 0 Å². The molecule has 1 aromatic carbocycles. The Morgan fingerprint density at radius 2 is 2.00 bits per heavy atom. The molecule has 0 radical (unpaired) electrons. The van der Waals surface area contributed by atoms with Gasteiger partial charge >= 0.3 is 5.97 Å². The minimum atomic E-state index is -1.25. The van der Waals surface area contributed by atoms with Gasteiger partial charge in [-0.05, 0) is 37.5 Å². The zero-order chi connectivity index (χ0) is 15.4. The van der Waals surface area contributed by atoms with Gasteiger partial charge in [0.15, 0.2) is 6.04 Å². The van der Waals surface area contributed by atoms with Gasteiger partial charge in [0, 0.05) is 17.6 Å². The first-order chi connectivity index (χ1) is 10.0. The molecule has 1 unspecified atom stereocenters. The lowest BCUT2D eigenvalue weighted by Gasteiger charge is -2.25. The largest absolute Gasteiger partial charge is 0.464 e. The molecule has 114 valence electrons. The van der Waals surface area contributed by atoms with Crippen LogP contribution in [0.1, 0.15) is 25.3 Å². The monoisotopic (exact) mass is 310 g/mol. The average Bonchev–Trinajstić information content (AvgIpc) is 3.30.